The molecule has 1 atom stereocenters. The van der Waals surface area contributed by atoms with Crippen LogP contribution in [0.5, 0.6) is 0 Å². The number of carboxylic acids is 1. The molecule has 0 aromatic rings. The van der Waals surface area contributed by atoms with E-state index >= 15 is 0 Å². The van der Waals surface area contributed by atoms with E-state index in [-0.39, 0.29) is 23.1 Å². The summed E-state index contributed by atoms with van der Waals surface area (Å²) in [6.45, 7) is 10.9. The van der Waals surface area contributed by atoms with E-state index in [0.717, 1.165) is 12.8 Å². The van der Waals surface area contributed by atoms with Crippen LogP contribution in [0.15, 0.2) is 0 Å². The molecule has 0 spiro atoms. The van der Waals surface area contributed by atoms with Gasteiger partial charge in [-0.25, -0.2) is 0 Å². The maximum atomic E-state index is 11.8. The van der Waals surface area contributed by atoms with E-state index in [0.29, 0.717) is 12.3 Å². The fourth-order valence-corrected chi connectivity index (χ4v) is 3.51. The zero-order chi connectivity index (χ0) is 25.9. The Balaban J connectivity index is -0.000000430. The SMILES string of the molecule is CC(C)[O-].CC(C)[O-].CCCCCCCCCC(CCCCCCCC)CC(=O)CC(=O)[O-].[Al+3]. The Morgan fingerprint density at radius 2 is 0.912 bits per heavy atom. The van der Waals surface area contributed by atoms with Crippen LogP contribution in [0.4, 0.5) is 0 Å². The van der Waals surface area contributed by atoms with Crippen LogP contribution < -0.4 is 15.3 Å². The van der Waals surface area contributed by atoms with E-state index in [1.807, 2.05) is 0 Å². The third-order valence-electron chi connectivity index (χ3n) is 5.04. The second-order valence-corrected chi connectivity index (χ2v) is 9.72. The predicted octanol–water partition coefficient (Wildman–Crippen LogP) is 4.72. The molecule has 1 unspecified atom stereocenters. The van der Waals surface area contributed by atoms with Crippen LogP contribution in [0.3, 0.4) is 0 Å². The molecule has 6 heteroatoms. The molecule has 5 nitrogen and oxygen atoms in total. The van der Waals surface area contributed by atoms with Crippen molar-refractivity contribution in [2.45, 2.75) is 163 Å². The summed E-state index contributed by atoms with van der Waals surface area (Å²) in [7, 11) is 0. The minimum Gasteiger partial charge on any atom is -0.852 e. The molecule has 0 aromatic carbocycles. The van der Waals surface area contributed by atoms with Gasteiger partial charge in [0.2, 0.25) is 0 Å². The van der Waals surface area contributed by atoms with Gasteiger partial charge in [0.25, 0.3) is 0 Å². The van der Waals surface area contributed by atoms with Crippen LogP contribution in [0.25, 0.3) is 0 Å². The topological polar surface area (TPSA) is 103 Å². The van der Waals surface area contributed by atoms with Crippen LogP contribution in [-0.4, -0.2) is 41.3 Å². The van der Waals surface area contributed by atoms with Crippen molar-refractivity contribution in [1.82, 2.24) is 0 Å². The maximum Gasteiger partial charge on any atom is 3.00 e. The third kappa shape index (κ3) is 48.9. The number of carboxylic acid groups (broad SMARTS) is 1. The molecule has 0 bridgehead atoms. The van der Waals surface area contributed by atoms with Gasteiger partial charge in [0.15, 0.2) is 0 Å². The van der Waals surface area contributed by atoms with E-state index in [9.17, 15) is 24.9 Å². The van der Waals surface area contributed by atoms with Crippen molar-refractivity contribution in [3.63, 3.8) is 0 Å². The average molecular weight is 499 g/mol. The maximum absolute atomic E-state index is 11.8. The van der Waals surface area contributed by atoms with Crippen LogP contribution in [0.2, 0.25) is 0 Å². The molecule has 0 aliphatic heterocycles. The Hall–Kier alpha value is -0.408. The third-order valence-corrected chi connectivity index (χ3v) is 5.04. The molecule has 0 rings (SSSR count). The van der Waals surface area contributed by atoms with Gasteiger partial charge in [-0.05, 0) is 5.92 Å². The average Bonchev–Trinajstić information content (AvgIpc) is 2.68. The first-order valence-electron chi connectivity index (χ1n) is 13.6. The monoisotopic (exact) mass is 498 g/mol. The summed E-state index contributed by atoms with van der Waals surface area (Å²) >= 11 is 0. The molecule has 0 N–H and O–H groups in total. The van der Waals surface area contributed by atoms with Gasteiger partial charge in [0, 0.05) is 18.8 Å². The molecule has 0 aliphatic rings. The molecule has 0 aliphatic carbocycles. The molecule has 0 radical (unpaired) electrons. The van der Waals surface area contributed by atoms with Gasteiger partial charge in [-0.3, -0.25) is 4.79 Å². The number of ketones is 1. The number of aliphatic carboxylic acids is 1. The van der Waals surface area contributed by atoms with Crippen molar-refractivity contribution in [2.75, 3.05) is 0 Å². The fourth-order valence-electron chi connectivity index (χ4n) is 3.51. The molecule has 34 heavy (non-hydrogen) atoms. The van der Waals surface area contributed by atoms with E-state index in [2.05, 4.69) is 13.8 Å². The van der Waals surface area contributed by atoms with Crippen LogP contribution in [0, 0.1) is 5.92 Å². The summed E-state index contributed by atoms with van der Waals surface area (Å²) < 4.78 is 0. The Kier molecular flexibility index (Phi) is 39.1. The first-order chi connectivity index (χ1) is 15.6. The molecule has 0 aromatic heterocycles. The molecule has 0 heterocycles. The van der Waals surface area contributed by atoms with Gasteiger partial charge in [-0.1, -0.05) is 138 Å². The van der Waals surface area contributed by atoms with Crippen LogP contribution in [-0.2, 0) is 9.59 Å². The predicted molar refractivity (Wildman–Crippen MR) is 139 cm³/mol. The quantitative estimate of drug-likeness (QED) is 0.146. The minimum absolute atomic E-state index is 0. The Bertz CT molecular complexity index is 402. The fraction of sp³-hybridized carbons (Fsp3) is 0.929. The summed E-state index contributed by atoms with van der Waals surface area (Å²) in [5, 5.41) is 29.7. The first kappa shape index (κ1) is 40.7. The van der Waals surface area contributed by atoms with E-state index in [4.69, 9.17) is 0 Å². The van der Waals surface area contributed by atoms with Crippen molar-refractivity contribution >= 4 is 29.1 Å². The van der Waals surface area contributed by atoms with Crippen LogP contribution in [0.1, 0.15) is 151 Å². The smallest absolute Gasteiger partial charge is 0.852 e. The zero-order valence-electron chi connectivity index (χ0n) is 23.4. The number of hydrogen-bond donors (Lipinski definition) is 0. The number of carbonyl (C=O) groups excluding carboxylic acids is 2. The first-order valence-corrected chi connectivity index (χ1v) is 13.6. The molecular weight excluding hydrogens is 443 g/mol. The Morgan fingerprint density at radius 3 is 1.21 bits per heavy atom. The number of hydrogen-bond acceptors (Lipinski definition) is 5. The molecule has 0 amide bonds. The Labute approximate surface area is 222 Å². The van der Waals surface area contributed by atoms with E-state index < -0.39 is 24.6 Å². The van der Waals surface area contributed by atoms with Gasteiger partial charge < -0.3 is 20.1 Å². The summed E-state index contributed by atoms with van der Waals surface area (Å²) in [4.78, 5) is 22.4. The summed E-state index contributed by atoms with van der Waals surface area (Å²) in [5.41, 5.74) is 0. The van der Waals surface area contributed by atoms with Crippen molar-refractivity contribution in [3.05, 3.63) is 0 Å². The van der Waals surface area contributed by atoms with Crippen molar-refractivity contribution in [3.8, 4) is 0 Å². The number of unbranched alkanes of at least 4 members (excludes halogenated alkanes) is 11. The second-order valence-electron chi connectivity index (χ2n) is 9.72. The largest absolute Gasteiger partial charge is 3.00 e. The molecular formula is C28H55AlO5. The second kappa shape index (κ2) is 32.6. The minimum atomic E-state index is -1.24. The standard InChI is InChI=1S/C22H42O3.2C3H7O.Al/c1-3-5-7-9-11-13-15-17-20(18-21(23)19-22(24)25)16-14-12-10-8-6-4-2;2*1-3(2)4;/h20H,3-19H2,1-2H3,(H,24,25);2*3H,1-2H3;/q;2*-1;+3/p-1. The molecule has 200 valence electrons. The van der Waals surface area contributed by atoms with Crippen molar-refractivity contribution < 1.29 is 24.9 Å². The summed E-state index contributed by atoms with van der Waals surface area (Å²) in [5.74, 6) is -1.02. The van der Waals surface area contributed by atoms with Crippen molar-refractivity contribution in [2.24, 2.45) is 5.92 Å². The molecule has 0 saturated carbocycles. The van der Waals surface area contributed by atoms with Gasteiger partial charge in [-0.15, -0.1) is 12.2 Å². The van der Waals surface area contributed by atoms with E-state index in [1.54, 1.807) is 27.7 Å². The summed E-state index contributed by atoms with van der Waals surface area (Å²) in [6.07, 6.45) is 17.9. The number of rotatable bonds is 19. The molecule has 0 saturated heterocycles. The van der Waals surface area contributed by atoms with Gasteiger partial charge >= 0.3 is 17.4 Å². The van der Waals surface area contributed by atoms with Gasteiger partial charge in [0.1, 0.15) is 5.78 Å². The van der Waals surface area contributed by atoms with Crippen molar-refractivity contribution in [1.29, 1.82) is 0 Å². The zero-order valence-corrected chi connectivity index (χ0v) is 24.5. The number of carbonyl (C=O) groups is 2. The molecule has 0 fully saturated rings. The summed E-state index contributed by atoms with van der Waals surface area (Å²) in [6, 6.07) is 0. The van der Waals surface area contributed by atoms with Gasteiger partial charge in [0.05, 0.1) is 0 Å². The normalized spacial score (nSPS) is 11.1. The number of Topliss-reactive ketones (excluding diaryl/α,β-unsaturated/α-hetero) is 1. The van der Waals surface area contributed by atoms with Gasteiger partial charge in [-0.2, -0.15) is 0 Å². The Morgan fingerprint density at radius 1 is 0.618 bits per heavy atom. The van der Waals surface area contributed by atoms with E-state index in [1.165, 1.54) is 83.5 Å². The van der Waals surface area contributed by atoms with Crippen LogP contribution >= 0.6 is 0 Å².